The van der Waals surface area contributed by atoms with Crippen LogP contribution in [0.25, 0.3) is 6.08 Å². The van der Waals surface area contributed by atoms with Crippen molar-refractivity contribution in [3.63, 3.8) is 0 Å². The minimum Gasteiger partial charge on any atom is -0.491 e. The van der Waals surface area contributed by atoms with Crippen LogP contribution in [0.4, 0.5) is 0 Å². The van der Waals surface area contributed by atoms with Crippen molar-refractivity contribution >= 4 is 46.0 Å². The third-order valence-corrected chi connectivity index (χ3v) is 7.48. The molecule has 9 heteroatoms. The van der Waals surface area contributed by atoms with Crippen LogP contribution in [0.5, 0.6) is 11.5 Å². The van der Waals surface area contributed by atoms with Gasteiger partial charge < -0.3 is 14.2 Å². The van der Waals surface area contributed by atoms with Gasteiger partial charge in [-0.1, -0.05) is 41.5 Å². The fraction of sp³-hybridized carbons (Fsp3) is 0.276. The molecule has 0 bridgehead atoms. The van der Waals surface area contributed by atoms with E-state index in [9.17, 15) is 9.59 Å². The monoisotopic (exact) mass is 642 g/mol. The molecule has 0 saturated carbocycles. The number of rotatable bonds is 8. The van der Waals surface area contributed by atoms with Gasteiger partial charge >= 0.3 is 5.97 Å². The number of fused-ring (bicyclic) bond motifs is 1. The third kappa shape index (κ3) is 5.71. The van der Waals surface area contributed by atoms with Gasteiger partial charge in [-0.15, -0.1) is 6.42 Å². The number of benzene rings is 2. The van der Waals surface area contributed by atoms with Crippen LogP contribution in [0.1, 0.15) is 44.9 Å². The van der Waals surface area contributed by atoms with Crippen LogP contribution >= 0.6 is 33.9 Å². The van der Waals surface area contributed by atoms with E-state index < -0.39 is 12.0 Å². The van der Waals surface area contributed by atoms with Crippen molar-refractivity contribution in [1.29, 1.82) is 0 Å². The summed E-state index contributed by atoms with van der Waals surface area (Å²) in [5.74, 6) is 3.22. The predicted molar refractivity (Wildman–Crippen MR) is 156 cm³/mol. The van der Waals surface area contributed by atoms with Gasteiger partial charge in [0.2, 0.25) is 0 Å². The number of thiazole rings is 1. The number of hydrogen-bond acceptors (Lipinski definition) is 7. The molecular formula is C29H27IN2O5S. The molecule has 0 N–H and O–H groups in total. The Balaban J connectivity index is 1.91. The molecule has 0 radical (unpaired) electrons. The summed E-state index contributed by atoms with van der Waals surface area (Å²) >= 11 is 3.44. The lowest BCUT2D eigenvalue weighted by Gasteiger charge is -2.26. The molecule has 0 unspecified atom stereocenters. The van der Waals surface area contributed by atoms with Gasteiger partial charge in [-0.25, -0.2) is 9.79 Å². The average molecular weight is 643 g/mol. The van der Waals surface area contributed by atoms with E-state index in [2.05, 4.69) is 33.5 Å². The molecule has 0 amide bonds. The third-order valence-electron chi connectivity index (χ3n) is 5.66. The fourth-order valence-corrected chi connectivity index (χ4v) is 5.89. The van der Waals surface area contributed by atoms with Crippen LogP contribution in [0, 0.1) is 15.9 Å². The highest BCUT2D eigenvalue weighted by Crippen LogP contribution is 2.36. The second kappa shape index (κ2) is 12.0. The van der Waals surface area contributed by atoms with Crippen LogP contribution in [0.15, 0.2) is 63.5 Å². The van der Waals surface area contributed by atoms with Gasteiger partial charge in [0.1, 0.15) is 24.1 Å². The summed E-state index contributed by atoms with van der Waals surface area (Å²) in [5.41, 5.74) is 2.08. The number of allylic oxidation sites excluding steroid dienone is 1. The Morgan fingerprint density at radius 1 is 1.26 bits per heavy atom. The largest absolute Gasteiger partial charge is 0.491 e. The summed E-state index contributed by atoms with van der Waals surface area (Å²) in [6.45, 7) is 7.76. The smallest absolute Gasteiger partial charge is 0.338 e. The van der Waals surface area contributed by atoms with E-state index in [1.807, 2.05) is 62.4 Å². The van der Waals surface area contributed by atoms with Crippen LogP contribution < -0.4 is 24.4 Å². The number of esters is 1. The Hall–Kier alpha value is -3.36. The molecule has 1 aromatic heterocycles. The topological polar surface area (TPSA) is 79.1 Å². The first-order valence-corrected chi connectivity index (χ1v) is 14.0. The summed E-state index contributed by atoms with van der Waals surface area (Å²) in [4.78, 5) is 32.2. The number of carbonyl (C=O) groups is 1. The van der Waals surface area contributed by atoms with Crippen molar-refractivity contribution in [3.05, 3.63) is 88.1 Å². The van der Waals surface area contributed by atoms with Crippen molar-refractivity contribution in [2.45, 2.75) is 39.8 Å². The van der Waals surface area contributed by atoms with Gasteiger partial charge in [0.15, 0.2) is 4.80 Å². The molecule has 1 atom stereocenters. The van der Waals surface area contributed by atoms with E-state index in [0.29, 0.717) is 37.7 Å². The van der Waals surface area contributed by atoms with E-state index in [4.69, 9.17) is 20.6 Å². The zero-order chi connectivity index (χ0) is 27.4. The number of para-hydroxylation sites is 1. The number of nitrogens with zero attached hydrogens (tertiary/aromatic N) is 2. The Morgan fingerprint density at radius 2 is 2.03 bits per heavy atom. The Morgan fingerprint density at radius 3 is 2.71 bits per heavy atom. The molecule has 2 aromatic carbocycles. The van der Waals surface area contributed by atoms with Gasteiger partial charge in [-0.3, -0.25) is 9.36 Å². The second-order valence-corrected chi connectivity index (χ2v) is 10.9. The Bertz CT molecular complexity index is 1630. The Labute approximate surface area is 238 Å². The average Bonchev–Trinajstić information content (AvgIpc) is 3.17. The zero-order valence-electron chi connectivity index (χ0n) is 21.5. The van der Waals surface area contributed by atoms with Crippen molar-refractivity contribution in [2.75, 3.05) is 13.2 Å². The molecule has 1 aliphatic rings. The minimum atomic E-state index is -0.748. The first-order chi connectivity index (χ1) is 18.2. The molecule has 0 aliphatic carbocycles. The maximum Gasteiger partial charge on any atom is 0.338 e. The highest BCUT2D eigenvalue weighted by molar-refractivity contribution is 14.1. The fourth-order valence-electron chi connectivity index (χ4n) is 4.15. The summed E-state index contributed by atoms with van der Waals surface area (Å²) in [5, 5.41) is 0. The van der Waals surface area contributed by atoms with Gasteiger partial charge in [0.25, 0.3) is 5.56 Å². The molecular weight excluding hydrogens is 615 g/mol. The SMILES string of the molecule is C#CCOc1ccc(/C=c2/sc3n(c2=O)[C@H](c2ccccc2OC(C)C)C(C(=O)OCC)=C(C)N=3)cc1I. The van der Waals surface area contributed by atoms with E-state index >= 15 is 0 Å². The van der Waals surface area contributed by atoms with Crippen molar-refractivity contribution in [1.82, 2.24) is 4.57 Å². The van der Waals surface area contributed by atoms with Gasteiger partial charge in [-0.2, -0.15) is 0 Å². The normalized spacial score (nSPS) is 15.1. The van der Waals surface area contributed by atoms with E-state index in [1.165, 1.54) is 11.3 Å². The maximum atomic E-state index is 13.9. The number of carbonyl (C=O) groups excluding carboxylic acids is 1. The van der Waals surface area contributed by atoms with Crippen LogP contribution in [0.2, 0.25) is 0 Å². The van der Waals surface area contributed by atoms with Crippen molar-refractivity contribution in [3.8, 4) is 23.8 Å². The lowest BCUT2D eigenvalue weighted by Crippen LogP contribution is -2.40. The second-order valence-electron chi connectivity index (χ2n) is 8.69. The van der Waals surface area contributed by atoms with Crippen LogP contribution in [0.3, 0.4) is 0 Å². The number of hydrogen-bond donors (Lipinski definition) is 0. The van der Waals surface area contributed by atoms with E-state index in [1.54, 1.807) is 18.4 Å². The molecule has 2 heterocycles. The number of ether oxygens (including phenoxy) is 3. The van der Waals surface area contributed by atoms with Crippen molar-refractivity contribution < 1.29 is 19.0 Å². The highest BCUT2D eigenvalue weighted by atomic mass is 127. The molecule has 38 heavy (non-hydrogen) atoms. The molecule has 0 spiro atoms. The lowest BCUT2D eigenvalue weighted by molar-refractivity contribution is -0.139. The van der Waals surface area contributed by atoms with Gasteiger partial charge in [0.05, 0.1) is 32.1 Å². The molecule has 3 aromatic rings. The maximum absolute atomic E-state index is 13.9. The van der Waals surface area contributed by atoms with Crippen molar-refractivity contribution in [2.24, 2.45) is 4.99 Å². The molecule has 196 valence electrons. The summed E-state index contributed by atoms with van der Waals surface area (Å²) in [6.07, 6.45) is 7.01. The number of aromatic nitrogens is 1. The molecule has 1 aliphatic heterocycles. The lowest BCUT2D eigenvalue weighted by atomic mass is 9.95. The summed E-state index contributed by atoms with van der Waals surface area (Å²) in [7, 11) is 0. The first kappa shape index (κ1) is 27.7. The highest BCUT2D eigenvalue weighted by Gasteiger charge is 2.35. The number of terminal acetylenes is 1. The predicted octanol–water partition coefficient (Wildman–Crippen LogP) is 4.20. The molecule has 7 nitrogen and oxygen atoms in total. The van der Waals surface area contributed by atoms with Gasteiger partial charge in [-0.05, 0) is 80.1 Å². The summed E-state index contributed by atoms with van der Waals surface area (Å²) < 4.78 is 19.9. The van der Waals surface area contributed by atoms with Gasteiger partial charge in [0, 0.05) is 5.56 Å². The van der Waals surface area contributed by atoms with Crippen LogP contribution in [-0.2, 0) is 9.53 Å². The molecule has 4 rings (SSSR count). The standard InChI is InChI=1S/C29H27IN2O5S/c1-6-14-36-23-13-12-19(15-21(23)30)16-24-27(33)32-26(20-10-8-9-11-22(20)37-17(3)4)25(28(34)35-7-2)18(5)31-29(32)38-24/h1,8-13,15-17,26H,7,14H2,2-5H3/b24-16+/t26-/m1/s1. The number of halogens is 1. The first-order valence-electron chi connectivity index (χ1n) is 12.1. The Kier molecular flexibility index (Phi) is 8.74. The van der Waals surface area contributed by atoms with E-state index in [-0.39, 0.29) is 24.9 Å². The summed E-state index contributed by atoms with van der Waals surface area (Å²) in [6, 6.07) is 12.3. The molecule has 0 saturated heterocycles. The van der Waals surface area contributed by atoms with E-state index in [0.717, 1.165) is 9.13 Å². The van der Waals surface area contributed by atoms with Crippen LogP contribution in [-0.4, -0.2) is 29.9 Å². The minimum absolute atomic E-state index is 0.0989. The zero-order valence-corrected chi connectivity index (χ0v) is 24.5. The molecule has 0 fully saturated rings. The quantitative estimate of drug-likeness (QED) is 0.209.